The lowest BCUT2D eigenvalue weighted by molar-refractivity contribution is 0.0979. The highest BCUT2D eigenvalue weighted by atomic mass is 16.1. The van der Waals surface area contributed by atoms with Gasteiger partial charge in [0.2, 0.25) is 0 Å². The van der Waals surface area contributed by atoms with Crippen molar-refractivity contribution in [3.63, 3.8) is 0 Å². The Morgan fingerprint density at radius 3 is 0.875 bits per heavy atom. The standard InChI is InChI=1S/C22H24O2/c1-5-13-9-17-18(10-14(13)6-2)22(24)20-12-16(8-4)15(7-3)11-19(20)21(17)23/h9-12H,5-8H2,1-4H3. The molecule has 0 unspecified atom stereocenters. The maximum atomic E-state index is 13.0. The summed E-state index contributed by atoms with van der Waals surface area (Å²) >= 11 is 0. The number of rotatable bonds is 4. The molecule has 24 heavy (non-hydrogen) atoms. The number of hydrogen-bond donors (Lipinski definition) is 0. The molecule has 0 aliphatic heterocycles. The van der Waals surface area contributed by atoms with E-state index < -0.39 is 0 Å². The van der Waals surface area contributed by atoms with E-state index in [-0.39, 0.29) is 11.6 Å². The Labute approximate surface area is 143 Å². The minimum absolute atomic E-state index is 0.00527. The molecule has 2 nitrogen and oxygen atoms in total. The van der Waals surface area contributed by atoms with Crippen LogP contribution in [0.15, 0.2) is 24.3 Å². The van der Waals surface area contributed by atoms with E-state index in [4.69, 9.17) is 0 Å². The van der Waals surface area contributed by atoms with Crippen molar-refractivity contribution in [3.8, 4) is 0 Å². The summed E-state index contributed by atoms with van der Waals surface area (Å²) in [5.74, 6) is -0.0105. The monoisotopic (exact) mass is 320 g/mol. The zero-order chi connectivity index (χ0) is 17.4. The van der Waals surface area contributed by atoms with Crippen molar-refractivity contribution in [1.29, 1.82) is 0 Å². The van der Waals surface area contributed by atoms with Crippen molar-refractivity contribution < 1.29 is 9.59 Å². The second-order valence-corrected chi connectivity index (χ2v) is 6.41. The molecule has 0 N–H and O–H groups in total. The zero-order valence-electron chi connectivity index (χ0n) is 15.0. The topological polar surface area (TPSA) is 34.1 Å². The Morgan fingerprint density at radius 1 is 0.500 bits per heavy atom. The Balaban J connectivity index is 2.25. The van der Waals surface area contributed by atoms with E-state index in [2.05, 4.69) is 27.7 Å². The SMILES string of the molecule is CCc1cc2c(cc1CC)C(=O)c1cc(CC)c(CC)cc1C2=O. The summed E-state index contributed by atoms with van der Waals surface area (Å²) in [5.41, 5.74) is 6.98. The summed E-state index contributed by atoms with van der Waals surface area (Å²) in [4.78, 5) is 26.1. The summed E-state index contributed by atoms with van der Waals surface area (Å²) < 4.78 is 0. The van der Waals surface area contributed by atoms with Crippen LogP contribution < -0.4 is 0 Å². The lowest BCUT2D eigenvalue weighted by atomic mass is 9.79. The third-order valence-electron chi connectivity index (χ3n) is 5.18. The molecule has 0 fully saturated rings. The molecular weight excluding hydrogens is 296 g/mol. The van der Waals surface area contributed by atoms with Gasteiger partial charge in [-0.05, 0) is 72.2 Å². The molecule has 0 saturated heterocycles. The minimum atomic E-state index is -0.00527. The summed E-state index contributed by atoms with van der Waals surface area (Å²) in [5, 5.41) is 0. The van der Waals surface area contributed by atoms with E-state index >= 15 is 0 Å². The van der Waals surface area contributed by atoms with E-state index in [1.807, 2.05) is 24.3 Å². The molecule has 1 aliphatic carbocycles. The van der Waals surface area contributed by atoms with Gasteiger partial charge in [0.25, 0.3) is 0 Å². The molecule has 0 atom stereocenters. The molecule has 0 radical (unpaired) electrons. The van der Waals surface area contributed by atoms with Gasteiger partial charge in [-0.1, -0.05) is 27.7 Å². The first-order chi connectivity index (χ1) is 11.5. The van der Waals surface area contributed by atoms with Gasteiger partial charge in [0, 0.05) is 22.3 Å². The van der Waals surface area contributed by atoms with Crippen LogP contribution in [0.5, 0.6) is 0 Å². The number of hydrogen-bond acceptors (Lipinski definition) is 2. The van der Waals surface area contributed by atoms with Crippen LogP contribution in [-0.2, 0) is 25.7 Å². The molecule has 0 heterocycles. The fourth-order valence-electron chi connectivity index (χ4n) is 3.74. The fourth-order valence-corrected chi connectivity index (χ4v) is 3.74. The highest BCUT2D eigenvalue weighted by Gasteiger charge is 2.31. The number of aryl methyl sites for hydroxylation is 4. The maximum absolute atomic E-state index is 13.0. The van der Waals surface area contributed by atoms with Crippen LogP contribution >= 0.6 is 0 Å². The molecule has 2 aromatic carbocycles. The highest BCUT2D eigenvalue weighted by molar-refractivity contribution is 6.28. The summed E-state index contributed by atoms with van der Waals surface area (Å²) in [6, 6.07) is 7.76. The first kappa shape index (κ1) is 16.6. The Kier molecular flexibility index (Phi) is 4.40. The first-order valence-electron chi connectivity index (χ1n) is 8.96. The molecular formula is C22H24O2. The Morgan fingerprint density at radius 2 is 0.708 bits per heavy atom. The van der Waals surface area contributed by atoms with Crippen LogP contribution in [0.3, 0.4) is 0 Å². The predicted octanol–water partition coefficient (Wildman–Crippen LogP) is 4.71. The minimum Gasteiger partial charge on any atom is -0.289 e. The maximum Gasteiger partial charge on any atom is 0.194 e. The quantitative estimate of drug-likeness (QED) is 0.697. The number of benzene rings is 2. The second-order valence-electron chi connectivity index (χ2n) is 6.41. The van der Waals surface area contributed by atoms with Crippen molar-refractivity contribution in [2.45, 2.75) is 53.4 Å². The average molecular weight is 320 g/mol. The van der Waals surface area contributed by atoms with Crippen LogP contribution in [0.25, 0.3) is 0 Å². The number of carbonyl (C=O) groups is 2. The lowest BCUT2D eigenvalue weighted by Gasteiger charge is -2.22. The smallest absolute Gasteiger partial charge is 0.194 e. The molecule has 1 aliphatic rings. The molecule has 2 aromatic rings. The number of ketones is 2. The Bertz CT molecular complexity index is 706. The zero-order valence-corrected chi connectivity index (χ0v) is 15.0. The summed E-state index contributed by atoms with van der Waals surface area (Å²) in [7, 11) is 0. The highest BCUT2D eigenvalue weighted by Crippen LogP contribution is 2.32. The summed E-state index contributed by atoms with van der Waals surface area (Å²) in [6.07, 6.45) is 3.50. The van der Waals surface area contributed by atoms with E-state index in [1.54, 1.807) is 0 Å². The van der Waals surface area contributed by atoms with E-state index in [1.165, 1.54) is 22.3 Å². The van der Waals surface area contributed by atoms with Crippen molar-refractivity contribution >= 4 is 11.6 Å². The third-order valence-corrected chi connectivity index (χ3v) is 5.18. The van der Waals surface area contributed by atoms with Gasteiger partial charge in [0.1, 0.15) is 0 Å². The summed E-state index contributed by atoms with van der Waals surface area (Å²) in [6.45, 7) is 8.36. The van der Waals surface area contributed by atoms with E-state index in [9.17, 15) is 9.59 Å². The third kappa shape index (κ3) is 2.41. The molecule has 0 aromatic heterocycles. The second kappa shape index (κ2) is 6.35. The van der Waals surface area contributed by atoms with E-state index in [0.29, 0.717) is 22.3 Å². The van der Waals surface area contributed by atoms with Gasteiger partial charge in [0.15, 0.2) is 11.6 Å². The number of carbonyl (C=O) groups excluding carboxylic acids is 2. The van der Waals surface area contributed by atoms with Crippen LogP contribution in [0.4, 0.5) is 0 Å². The van der Waals surface area contributed by atoms with Crippen LogP contribution in [0.2, 0.25) is 0 Å². The molecule has 2 heteroatoms. The normalized spacial score (nSPS) is 13.0. The average Bonchev–Trinajstić information content (AvgIpc) is 2.63. The van der Waals surface area contributed by atoms with Gasteiger partial charge in [-0.25, -0.2) is 0 Å². The van der Waals surface area contributed by atoms with Crippen LogP contribution in [0, 0.1) is 0 Å². The van der Waals surface area contributed by atoms with Gasteiger partial charge < -0.3 is 0 Å². The van der Waals surface area contributed by atoms with Gasteiger partial charge in [0.05, 0.1) is 0 Å². The molecule has 0 bridgehead atoms. The number of fused-ring (bicyclic) bond motifs is 2. The molecule has 3 rings (SSSR count). The fraction of sp³-hybridized carbons (Fsp3) is 0.364. The van der Waals surface area contributed by atoms with Gasteiger partial charge >= 0.3 is 0 Å². The van der Waals surface area contributed by atoms with Crippen molar-refractivity contribution in [2.75, 3.05) is 0 Å². The van der Waals surface area contributed by atoms with Crippen molar-refractivity contribution in [3.05, 3.63) is 68.8 Å². The molecule has 0 spiro atoms. The van der Waals surface area contributed by atoms with Gasteiger partial charge in [-0.3, -0.25) is 9.59 Å². The molecule has 124 valence electrons. The van der Waals surface area contributed by atoms with Crippen molar-refractivity contribution in [2.24, 2.45) is 0 Å². The van der Waals surface area contributed by atoms with E-state index in [0.717, 1.165) is 25.7 Å². The lowest BCUT2D eigenvalue weighted by Crippen LogP contribution is -2.22. The Hall–Kier alpha value is -2.22. The first-order valence-corrected chi connectivity index (χ1v) is 8.96. The van der Waals surface area contributed by atoms with Crippen molar-refractivity contribution in [1.82, 2.24) is 0 Å². The van der Waals surface area contributed by atoms with Gasteiger partial charge in [-0.15, -0.1) is 0 Å². The van der Waals surface area contributed by atoms with Crippen LogP contribution in [0.1, 0.15) is 81.8 Å². The predicted molar refractivity (Wildman–Crippen MR) is 97.3 cm³/mol. The molecule has 0 amide bonds. The largest absolute Gasteiger partial charge is 0.289 e. The van der Waals surface area contributed by atoms with Crippen LogP contribution in [-0.4, -0.2) is 11.6 Å². The van der Waals surface area contributed by atoms with Gasteiger partial charge in [-0.2, -0.15) is 0 Å². The molecule has 0 saturated carbocycles.